The van der Waals surface area contributed by atoms with Crippen LogP contribution in [0.2, 0.25) is 0 Å². The maximum Gasteiger partial charge on any atom is 0.251 e. The SMILES string of the molecule is COc1cc(C(=O)NC2COCC2Cc2cc(C)no2)ccn1. The number of carbonyl (C=O) groups is 1. The van der Waals surface area contributed by atoms with E-state index in [1.54, 1.807) is 18.3 Å². The van der Waals surface area contributed by atoms with Crippen molar-refractivity contribution in [3.63, 3.8) is 0 Å². The van der Waals surface area contributed by atoms with Crippen LogP contribution in [-0.2, 0) is 11.2 Å². The van der Waals surface area contributed by atoms with Crippen LogP contribution < -0.4 is 10.1 Å². The van der Waals surface area contributed by atoms with E-state index in [4.69, 9.17) is 14.0 Å². The van der Waals surface area contributed by atoms with Crippen molar-refractivity contribution in [1.29, 1.82) is 0 Å². The molecule has 7 heteroatoms. The van der Waals surface area contributed by atoms with Crippen LogP contribution in [0.5, 0.6) is 5.88 Å². The van der Waals surface area contributed by atoms with Crippen LogP contribution in [0.25, 0.3) is 0 Å². The minimum atomic E-state index is -0.167. The van der Waals surface area contributed by atoms with E-state index < -0.39 is 0 Å². The summed E-state index contributed by atoms with van der Waals surface area (Å²) >= 11 is 0. The van der Waals surface area contributed by atoms with Crippen LogP contribution in [0.15, 0.2) is 28.9 Å². The molecule has 0 bridgehead atoms. The maximum atomic E-state index is 12.4. The second-order valence-corrected chi connectivity index (χ2v) is 5.60. The number of nitrogens with one attached hydrogen (secondary N) is 1. The number of hydrogen-bond acceptors (Lipinski definition) is 6. The van der Waals surface area contributed by atoms with E-state index in [-0.39, 0.29) is 17.9 Å². The Morgan fingerprint density at radius 1 is 1.43 bits per heavy atom. The Hall–Kier alpha value is -2.41. The molecule has 0 radical (unpaired) electrons. The number of hydrogen-bond donors (Lipinski definition) is 1. The molecule has 1 amide bonds. The van der Waals surface area contributed by atoms with Gasteiger partial charge in [0, 0.05) is 36.2 Å². The molecule has 2 aromatic rings. The molecule has 1 aliphatic rings. The van der Waals surface area contributed by atoms with Crippen molar-refractivity contribution in [1.82, 2.24) is 15.5 Å². The first-order valence-corrected chi connectivity index (χ1v) is 7.46. The van der Waals surface area contributed by atoms with Gasteiger partial charge < -0.3 is 19.3 Å². The first-order chi connectivity index (χ1) is 11.2. The van der Waals surface area contributed by atoms with Gasteiger partial charge in [0.1, 0.15) is 5.76 Å². The molecule has 2 unspecified atom stereocenters. The van der Waals surface area contributed by atoms with Gasteiger partial charge in [0.2, 0.25) is 5.88 Å². The summed E-state index contributed by atoms with van der Waals surface area (Å²) in [5, 5.41) is 6.90. The number of amides is 1. The Morgan fingerprint density at radius 3 is 3.04 bits per heavy atom. The first-order valence-electron chi connectivity index (χ1n) is 7.46. The fourth-order valence-electron chi connectivity index (χ4n) is 2.64. The number of methoxy groups -OCH3 is 1. The van der Waals surface area contributed by atoms with Crippen molar-refractivity contribution in [2.75, 3.05) is 20.3 Å². The van der Waals surface area contributed by atoms with Crippen LogP contribution in [-0.4, -0.2) is 42.4 Å². The molecule has 1 aliphatic heterocycles. The van der Waals surface area contributed by atoms with Gasteiger partial charge in [-0.1, -0.05) is 5.16 Å². The lowest BCUT2D eigenvalue weighted by Crippen LogP contribution is -2.40. The van der Waals surface area contributed by atoms with E-state index in [9.17, 15) is 4.79 Å². The summed E-state index contributed by atoms with van der Waals surface area (Å²) in [6.45, 7) is 2.96. The summed E-state index contributed by atoms with van der Waals surface area (Å²) in [5.41, 5.74) is 1.36. The number of ether oxygens (including phenoxy) is 2. The summed E-state index contributed by atoms with van der Waals surface area (Å²) in [6.07, 6.45) is 2.24. The monoisotopic (exact) mass is 317 g/mol. The van der Waals surface area contributed by atoms with E-state index in [0.717, 1.165) is 11.5 Å². The standard InChI is InChI=1S/C16H19N3O4/c1-10-5-13(23-19-10)6-12-8-22-9-14(12)18-16(20)11-3-4-17-15(7-11)21-2/h3-5,7,12,14H,6,8-9H2,1-2H3,(H,18,20). The topological polar surface area (TPSA) is 86.5 Å². The van der Waals surface area contributed by atoms with E-state index in [1.165, 1.54) is 7.11 Å². The van der Waals surface area contributed by atoms with Crippen molar-refractivity contribution in [2.24, 2.45) is 5.92 Å². The third-order valence-electron chi connectivity index (χ3n) is 3.86. The van der Waals surface area contributed by atoms with Gasteiger partial charge in [-0.25, -0.2) is 4.98 Å². The first kappa shape index (κ1) is 15.5. The zero-order chi connectivity index (χ0) is 16.2. The van der Waals surface area contributed by atoms with Gasteiger partial charge >= 0.3 is 0 Å². The quantitative estimate of drug-likeness (QED) is 0.896. The average Bonchev–Trinajstić information content (AvgIpc) is 3.17. The number of aromatic nitrogens is 2. The molecule has 1 fully saturated rings. The van der Waals surface area contributed by atoms with Gasteiger partial charge in [-0.3, -0.25) is 4.79 Å². The zero-order valence-corrected chi connectivity index (χ0v) is 13.1. The second-order valence-electron chi connectivity index (χ2n) is 5.60. The van der Waals surface area contributed by atoms with Gasteiger partial charge in [0.15, 0.2) is 0 Å². The molecule has 122 valence electrons. The number of pyridine rings is 1. The Balaban J connectivity index is 1.64. The van der Waals surface area contributed by atoms with Crippen molar-refractivity contribution in [3.05, 3.63) is 41.4 Å². The lowest BCUT2D eigenvalue weighted by molar-refractivity contribution is 0.0924. The fourth-order valence-corrected chi connectivity index (χ4v) is 2.64. The Labute approximate surface area is 134 Å². The molecule has 0 saturated carbocycles. The molecule has 3 heterocycles. The van der Waals surface area contributed by atoms with E-state index in [0.29, 0.717) is 31.1 Å². The van der Waals surface area contributed by atoms with E-state index in [2.05, 4.69) is 15.5 Å². The molecule has 3 rings (SSSR count). The molecular formula is C16H19N3O4. The maximum absolute atomic E-state index is 12.4. The third-order valence-corrected chi connectivity index (χ3v) is 3.86. The van der Waals surface area contributed by atoms with Gasteiger partial charge in [-0.2, -0.15) is 0 Å². The van der Waals surface area contributed by atoms with Crippen LogP contribution in [0.1, 0.15) is 21.8 Å². The fraction of sp³-hybridized carbons (Fsp3) is 0.438. The van der Waals surface area contributed by atoms with Gasteiger partial charge in [0.05, 0.1) is 32.1 Å². The van der Waals surface area contributed by atoms with Crippen molar-refractivity contribution in [3.8, 4) is 5.88 Å². The van der Waals surface area contributed by atoms with Gasteiger partial charge in [-0.15, -0.1) is 0 Å². The molecule has 23 heavy (non-hydrogen) atoms. The van der Waals surface area contributed by atoms with E-state index in [1.807, 2.05) is 13.0 Å². The van der Waals surface area contributed by atoms with Crippen LogP contribution >= 0.6 is 0 Å². The molecule has 0 aromatic carbocycles. The predicted octanol–water partition coefficient (Wildman–Crippen LogP) is 1.37. The zero-order valence-electron chi connectivity index (χ0n) is 13.1. The number of aryl methyl sites for hydroxylation is 1. The van der Waals surface area contributed by atoms with Gasteiger partial charge in [0.25, 0.3) is 5.91 Å². The Morgan fingerprint density at radius 2 is 2.30 bits per heavy atom. The van der Waals surface area contributed by atoms with Crippen molar-refractivity contribution >= 4 is 5.91 Å². The second kappa shape index (κ2) is 6.78. The van der Waals surface area contributed by atoms with Crippen LogP contribution in [0, 0.1) is 12.8 Å². The van der Waals surface area contributed by atoms with Crippen molar-refractivity contribution < 1.29 is 18.8 Å². The Kier molecular flexibility index (Phi) is 4.57. The Bertz CT molecular complexity index is 685. The van der Waals surface area contributed by atoms with Crippen molar-refractivity contribution in [2.45, 2.75) is 19.4 Å². The highest BCUT2D eigenvalue weighted by Gasteiger charge is 2.31. The molecule has 0 spiro atoms. The molecule has 7 nitrogen and oxygen atoms in total. The normalized spacial score (nSPS) is 20.4. The highest BCUT2D eigenvalue weighted by molar-refractivity contribution is 5.94. The number of rotatable bonds is 5. The largest absolute Gasteiger partial charge is 0.481 e. The summed E-state index contributed by atoms with van der Waals surface area (Å²) in [6, 6.07) is 5.11. The molecule has 1 saturated heterocycles. The minimum Gasteiger partial charge on any atom is -0.481 e. The highest BCUT2D eigenvalue weighted by atomic mass is 16.5. The molecule has 2 aromatic heterocycles. The molecule has 2 atom stereocenters. The summed E-state index contributed by atoms with van der Waals surface area (Å²) < 4.78 is 15.8. The highest BCUT2D eigenvalue weighted by Crippen LogP contribution is 2.20. The third kappa shape index (κ3) is 3.68. The molecule has 1 N–H and O–H groups in total. The number of carbonyl (C=O) groups excluding carboxylic acids is 1. The van der Waals surface area contributed by atoms with E-state index >= 15 is 0 Å². The minimum absolute atomic E-state index is 0.0629. The molecular weight excluding hydrogens is 298 g/mol. The lowest BCUT2D eigenvalue weighted by Gasteiger charge is -2.18. The summed E-state index contributed by atoms with van der Waals surface area (Å²) in [7, 11) is 1.52. The van der Waals surface area contributed by atoms with Crippen LogP contribution in [0.3, 0.4) is 0 Å². The van der Waals surface area contributed by atoms with Gasteiger partial charge in [-0.05, 0) is 13.0 Å². The smallest absolute Gasteiger partial charge is 0.251 e. The predicted molar refractivity (Wildman–Crippen MR) is 81.3 cm³/mol. The molecule has 0 aliphatic carbocycles. The lowest BCUT2D eigenvalue weighted by atomic mass is 9.98. The summed E-state index contributed by atoms with van der Waals surface area (Å²) in [4.78, 5) is 16.4. The number of nitrogens with zero attached hydrogens (tertiary/aromatic N) is 2. The average molecular weight is 317 g/mol. The van der Waals surface area contributed by atoms with Crippen LogP contribution in [0.4, 0.5) is 0 Å². The summed E-state index contributed by atoms with van der Waals surface area (Å²) in [5.74, 6) is 1.21.